The van der Waals surface area contributed by atoms with Crippen LogP contribution in [0.5, 0.6) is 5.88 Å². The summed E-state index contributed by atoms with van der Waals surface area (Å²) in [5.41, 5.74) is -1.49. The lowest BCUT2D eigenvalue weighted by Gasteiger charge is -2.34. The zero-order chi connectivity index (χ0) is 36.9. The molecule has 7 rings (SSSR count). The Kier molecular flexibility index (Phi) is 9.67. The molecule has 2 fully saturated rings. The number of aliphatic hydroxyl groups is 1. The highest BCUT2D eigenvalue weighted by Crippen LogP contribution is 2.38. The van der Waals surface area contributed by atoms with Gasteiger partial charge in [0, 0.05) is 62.4 Å². The Morgan fingerprint density at radius 1 is 1.04 bits per heavy atom. The van der Waals surface area contributed by atoms with E-state index >= 15 is 8.78 Å². The lowest BCUT2D eigenvalue weighted by Crippen LogP contribution is -2.49. The molecule has 2 atom stereocenters. The van der Waals surface area contributed by atoms with Crippen LogP contribution in [0.3, 0.4) is 0 Å². The first kappa shape index (κ1) is 35.8. The average molecular weight is 730 g/mol. The van der Waals surface area contributed by atoms with Gasteiger partial charge in [-0.3, -0.25) is 23.7 Å². The molecule has 276 valence electrons. The first-order valence-electron chi connectivity index (χ1n) is 17.2. The molecule has 52 heavy (non-hydrogen) atoms. The number of pyridine rings is 1. The number of rotatable bonds is 8. The monoisotopic (exact) mass is 729 g/mol. The van der Waals surface area contributed by atoms with Crippen molar-refractivity contribution in [2.45, 2.75) is 70.2 Å². The minimum Gasteiger partial charge on any atom is -0.471 e. The van der Waals surface area contributed by atoms with E-state index in [0.29, 0.717) is 35.2 Å². The molecule has 1 aliphatic carbocycles. The van der Waals surface area contributed by atoms with Crippen molar-refractivity contribution < 1.29 is 41.0 Å². The number of aryl methyl sites for hydroxylation is 1. The lowest BCUT2D eigenvalue weighted by atomic mass is 9.94. The zero-order valence-electron chi connectivity index (χ0n) is 28.2. The van der Waals surface area contributed by atoms with E-state index in [2.05, 4.69) is 10.4 Å². The number of aliphatic hydroxyl groups excluding tert-OH is 1. The van der Waals surface area contributed by atoms with Crippen LogP contribution in [-0.2, 0) is 30.5 Å². The maximum Gasteiger partial charge on any atom is 0.416 e. The highest BCUT2D eigenvalue weighted by Gasteiger charge is 2.37. The third kappa shape index (κ3) is 7.33. The minimum atomic E-state index is -4.93. The van der Waals surface area contributed by atoms with E-state index in [-0.39, 0.29) is 67.2 Å². The van der Waals surface area contributed by atoms with Crippen LogP contribution in [0.25, 0.3) is 11.1 Å². The molecule has 2 N–H and O–H groups in total. The van der Waals surface area contributed by atoms with Gasteiger partial charge >= 0.3 is 6.18 Å². The molecule has 3 aliphatic rings. The number of likely N-dealkylation sites (tertiary alicyclic amines) is 1. The second kappa shape index (κ2) is 14.1. The Hall–Kier alpha value is -4.63. The highest BCUT2D eigenvalue weighted by molar-refractivity contribution is 5.84. The summed E-state index contributed by atoms with van der Waals surface area (Å²) in [7, 11) is 0. The minimum absolute atomic E-state index is 0.00973. The van der Waals surface area contributed by atoms with Gasteiger partial charge in [-0.15, -0.1) is 5.10 Å². The van der Waals surface area contributed by atoms with Crippen molar-refractivity contribution in [3.63, 3.8) is 0 Å². The number of fused-ring (bicyclic) bond motifs is 6. The lowest BCUT2D eigenvalue weighted by molar-refractivity contribution is -0.138. The SMILES string of the molecule is Cc1cc2cc(c1F)[C@@H](CCO)NC(=O)[C@@H](n1cc(CCN3CC(F)C3)c(C(F)(F)F)cc1=O)c1cc(ccc1F)COc1nn(CC3CC3)cc1-2. The van der Waals surface area contributed by atoms with Gasteiger partial charge in [0.15, 0.2) is 0 Å². The topological polar surface area (TPSA) is 102 Å². The second-order valence-corrected chi connectivity index (χ2v) is 13.9. The van der Waals surface area contributed by atoms with E-state index in [4.69, 9.17) is 4.74 Å². The molecule has 2 aromatic carbocycles. The molecule has 0 spiro atoms. The molecule has 4 heterocycles. The van der Waals surface area contributed by atoms with E-state index in [1.165, 1.54) is 18.2 Å². The molecule has 4 aromatic rings. The van der Waals surface area contributed by atoms with Gasteiger partial charge in [0.25, 0.3) is 5.56 Å². The molecule has 2 aliphatic heterocycles. The normalized spacial score (nSPS) is 19.7. The van der Waals surface area contributed by atoms with Crippen molar-refractivity contribution in [1.82, 2.24) is 24.6 Å². The number of carbonyl (C=O) groups excluding carboxylic acids is 1. The standard InChI is InChI=1S/C37H37F6N5O4/c1-20-10-24-12-27(33(20)40)31(7-9-49)44-35(51)34(48-15-23(6-8-46-16-25(38)17-46)29(13-32(48)50)37(41,42)43)26-11-22(4-5-30(26)39)19-52-36-28(24)18-47(45-36)14-21-2-3-21/h4-5,10-13,15,18,21,25,31,34,49H,2-3,6-9,14,16-17,19H2,1H3,(H,44,51)/t31-,34+/m1/s1. The molecule has 1 saturated carbocycles. The fourth-order valence-corrected chi connectivity index (χ4v) is 6.94. The molecular formula is C37H37F6N5O4. The van der Waals surface area contributed by atoms with E-state index in [1.807, 2.05) is 0 Å². The maximum atomic E-state index is 16.0. The van der Waals surface area contributed by atoms with Crippen LogP contribution in [0.15, 0.2) is 53.6 Å². The van der Waals surface area contributed by atoms with Gasteiger partial charge in [-0.1, -0.05) is 6.07 Å². The van der Waals surface area contributed by atoms with Gasteiger partial charge in [0.05, 0.1) is 17.2 Å². The van der Waals surface area contributed by atoms with E-state index in [0.717, 1.165) is 29.7 Å². The summed E-state index contributed by atoms with van der Waals surface area (Å²) in [6.45, 7) is 1.68. The number of ether oxygens (including phenoxy) is 1. The average Bonchev–Trinajstić information content (AvgIpc) is 3.80. The van der Waals surface area contributed by atoms with Gasteiger partial charge in [0.1, 0.15) is 30.5 Å². The van der Waals surface area contributed by atoms with Crippen molar-refractivity contribution in [3.05, 3.63) is 104 Å². The summed E-state index contributed by atoms with van der Waals surface area (Å²) in [5.74, 6) is -1.94. The predicted octanol–water partition coefficient (Wildman–Crippen LogP) is 5.65. The van der Waals surface area contributed by atoms with Crippen LogP contribution >= 0.6 is 0 Å². The molecule has 0 unspecified atom stereocenters. The highest BCUT2D eigenvalue weighted by atomic mass is 19.4. The molecular weight excluding hydrogens is 692 g/mol. The Labute approximate surface area is 294 Å². The Morgan fingerprint density at radius 3 is 2.50 bits per heavy atom. The third-order valence-corrected chi connectivity index (χ3v) is 9.91. The number of aromatic nitrogens is 3. The summed E-state index contributed by atoms with van der Waals surface area (Å²) in [6.07, 6.45) is -1.64. The first-order chi connectivity index (χ1) is 24.8. The second-order valence-electron chi connectivity index (χ2n) is 13.9. The number of alkyl halides is 4. The number of amides is 1. The number of carbonyl (C=O) groups is 1. The van der Waals surface area contributed by atoms with Crippen molar-refractivity contribution in [1.29, 1.82) is 0 Å². The van der Waals surface area contributed by atoms with Gasteiger partial charge in [-0.2, -0.15) is 13.2 Å². The van der Waals surface area contributed by atoms with Crippen LogP contribution in [0, 0.1) is 24.5 Å². The number of hydrogen-bond donors (Lipinski definition) is 2. The summed E-state index contributed by atoms with van der Waals surface area (Å²) < 4.78 is 96.6. The maximum absolute atomic E-state index is 16.0. The van der Waals surface area contributed by atoms with Gasteiger partial charge < -0.3 is 15.2 Å². The Bertz CT molecular complexity index is 2050. The van der Waals surface area contributed by atoms with Crippen molar-refractivity contribution in [3.8, 4) is 17.0 Å². The molecule has 15 heteroatoms. The number of hydrogen-bond acceptors (Lipinski definition) is 6. The Balaban J connectivity index is 1.37. The molecule has 4 bridgehead atoms. The van der Waals surface area contributed by atoms with Crippen molar-refractivity contribution in [2.24, 2.45) is 5.92 Å². The Morgan fingerprint density at radius 2 is 1.81 bits per heavy atom. The van der Waals surface area contributed by atoms with Crippen LogP contribution in [0.4, 0.5) is 26.3 Å². The van der Waals surface area contributed by atoms with Crippen molar-refractivity contribution >= 4 is 5.91 Å². The predicted molar refractivity (Wildman–Crippen MR) is 177 cm³/mol. The van der Waals surface area contributed by atoms with E-state index in [1.54, 1.807) is 28.8 Å². The summed E-state index contributed by atoms with van der Waals surface area (Å²) in [6, 6.07) is 4.20. The summed E-state index contributed by atoms with van der Waals surface area (Å²) in [4.78, 5) is 29.5. The third-order valence-electron chi connectivity index (χ3n) is 9.91. The molecule has 1 saturated heterocycles. The van der Waals surface area contributed by atoms with Gasteiger partial charge in [0.2, 0.25) is 11.8 Å². The molecule has 0 radical (unpaired) electrons. The first-order valence-corrected chi connectivity index (χ1v) is 17.2. The van der Waals surface area contributed by atoms with E-state index < -0.39 is 59.7 Å². The van der Waals surface area contributed by atoms with Crippen LogP contribution in [0.2, 0.25) is 0 Å². The zero-order valence-corrected chi connectivity index (χ0v) is 28.2. The number of benzene rings is 2. The van der Waals surface area contributed by atoms with Crippen LogP contribution in [0.1, 0.15) is 64.7 Å². The fourth-order valence-electron chi connectivity index (χ4n) is 6.94. The quantitative estimate of drug-likeness (QED) is 0.228. The van der Waals surface area contributed by atoms with Gasteiger partial charge in [-0.05, 0) is 85.0 Å². The molecule has 2 aromatic heterocycles. The number of nitrogens with zero attached hydrogens (tertiary/aromatic N) is 4. The summed E-state index contributed by atoms with van der Waals surface area (Å²) in [5, 5.41) is 17.3. The van der Waals surface area contributed by atoms with Crippen LogP contribution in [-0.4, -0.2) is 62.7 Å². The van der Waals surface area contributed by atoms with Crippen molar-refractivity contribution in [2.75, 3.05) is 26.2 Å². The fraction of sp³-hybridized carbons (Fsp3) is 0.432. The largest absolute Gasteiger partial charge is 0.471 e. The molecule has 9 nitrogen and oxygen atoms in total. The number of halogens is 6. The van der Waals surface area contributed by atoms with Gasteiger partial charge in [-0.25, -0.2) is 13.2 Å². The summed E-state index contributed by atoms with van der Waals surface area (Å²) >= 11 is 0. The molecule has 1 amide bonds. The number of nitrogens with one attached hydrogen (secondary N) is 1. The van der Waals surface area contributed by atoms with E-state index in [9.17, 15) is 32.3 Å². The van der Waals surface area contributed by atoms with Crippen LogP contribution < -0.4 is 15.6 Å². The smallest absolute Gasteiger partial charge is 0.416 e.